The van der Waals surface area contributed by atoms with Gasteiger partial charge in [-0.2, -0.15) is 5.10 Å². The van der Waals surface area contributed by atoms with Crippen LogP contribution in [0.4, 0.5) is 10.5 Å². The zero-order valence-electron chi connectivity index (χ0n) is 13.4. The molecule has 2 aromatic rings. The Kier molecular flexibility index (Phi) is 4.50. The maximum absolute atomic E-state index is 12.6. The fraction of sp³-hybridized carbons (Fsp3) is 0.353. The van der Waals surface area contributed by atoms with Crippen LogP contribution in [0.3, 0.4) is 0 Å². The second-order valence-corrected chi connectivity index (χ2v) is 6.18. The summed E-state index contributed by atoms with van der Waals surface area (Å²) in [5.41, 5.74) is 1.40. The molecule has 1 aromatic heterocycles. The molecule has 0 aliphatic carbocycles. The predicted molar refractivity (Wildman–Crippen MR) is 89.1 cm³/mol. The van der Waals surface area contributed by atoms with Gasteiger partial charge in [-0.15, -0.1) is 0 Å². The number of para-hydroxylation sites is 2. The molecule has 3 rings (SSSR count). The molecule has 7 nitrogen and oxygen atoms in total. The number of anilines is 1. The van der Waals surface area contributed by atoms with Crippen LogP contribution in [0.25, 0.3) is 5.69 Å². The van der Waals surface area contributed by atoms with Gasteiger partial charge in [0.25, 0.3) is 0 Å². The molecule has 126 valence electrons. The van der Waals surface area contributed by atoms with Gasteiger partial charge >= 0.3 is 12.0 Å². The molecular formula is C17H20N4O3. The number of aromatic nitrogens is 2. The van der Waals surface area contributed by atoms with E-state index in [1.165, 1.54) is 0 Å². The van der Waals surface area contributed by atoms with E-state index in [2.05, 4.69) is 10.4 Å². The number of urea groups is 1. The van der Waals surface area contributed by atoms with Crippen molar-refractivity contribution < 1.29 is 14.7 Å². The number of carboxylic acids is 1. The van der Waals surface area contributed by atoms with E-state index in [0.717, 1.165) is 5.69 Å². The van der Waals surface area contributed by atoms with E-state index in [9.17, 15) is 14.7 Å². The number of piperidine rings is 1. The van der Waals surface area contributed by atoms with E-state index < -0.39 is 11.9 Å². The molecule has 2 heterocycles. The van der Waals surface area contributed by atoms with Crippen LogP contribution >= 0.6 is 0 Å². The summed E-state index contributed by atoms with van der Waals surface area (Å²) in [6.07, 6.45) is 4.07. The average Bonchev–Trinajstić information content (AvgIpc) is 3.09. The highest BCUT2D eigenvalue weighted by Gasteiger charge is 2.32. The monoisotopic (exact) mass is 328 g/mol. The Morgan fingerprint density at radius 1 is 1.25 bits per heavy atom. The number of carbonyl (C=O) groups excluding carboxylic acids is 1. The van der Waals surface area contributed by atoms with Crippen molar-refractivity contribution in [1.29, 1.82) is 0 Å². The Bertz CT molecular complexity index is 729. The Balaban J connectivity index is 1.77. The minimum atomic E-state index is -0.851. The van der Waals surface area contributed by atoms with Crippen LogP contribution < -0.4 is 5.32 Å². The van der Waals surface area contributed by atoms with Gasteiger partial charge in [0.2, 0.25) is 0 Å². The summed E-state index contributed by atoms with van der Waals surface area (Å²) in [5, 5.41) is 16.3. The topological polar surface area (TPSA) is 87.5 Å². The number of carbonyl (C=O) groups is 2. The molecule has 2 N–H and O–H groups in total. The Morgan fingerprint density at radius 2 is 2.04 bits per heavy atom. The van der Waals surface area contributed by atoms with Gasteiger partial charge < -0.3 is 15.3 Å². The van der Waals surface area contributed by atoms with Gasteiger partial charge in [0.15, 0.2) is 0 Å². The van der Waals surface area contributed by atoms with Crippen molar-refractivity contribution >= 4 is 17.7 Å². The van der Waals surface area contributed by atoms with E-state index in [-0.39, 0.29) is 18.5 Å². The van der Waals surface area contributed by atoms with Crippen molar-refractivity contribution in [3.05, 3.63) is 42.7 Å². The van der Waals surface area contributed by atoms with Crippen LogP contribution in [0.5, 0.6) is 0 Å². The van der Waals surface area contributed by atoms with Crippen LogP contribution in [0.2, 0.25) is 0 Å². The molecular weight excluding hydrogens is 308 g/mol. The molecule has 2 amide bonds. The van der Waals surface area contributed by atoms with Crippen molar-refractivity contribution in [2.45, 2.75) is 13.3 Å². The largest absolute Gasteiger partial charge is 0.481 e. The Morgan fingerprint density at radius 3 is 2.75 bits per heavy atom. The van der Waals surface area contributed by atoms with E-state index in [1.54, 1.807) is 28.0 Å². The number of nitrogens with one attached hydrogen (secondary N) is 1. The molecule has 1 aliphatic heterocycles. The number of benzene rings is 1. The van der Waals surface area contributed by atoms with Gasteiger partial charge in [0.05, 0.1) is 17.3 Å². The fourth-order valence-electron chi connectivity index (χ4n) is 3.08. The maximum Gasteiger partial charge on any atom is 0.321 e. The SMILES string of the molecule is CC1CC(C(=O)O)CN(C(=O)Nc2ccccc2-n2cccn2)C1. The van der Waals surface area contributed by atoms with E-state index in [1.807, 2.05) is 31.2 Å². The second-order valence-electron chi connectivity index (χ2n) is 6.18. The minimum absolute atomic E-state index is 0.159. The minimum Gasteiger partial charge on any atom is -0.481 e. The zero-order chi connectivity index (χ0) is 17.1. The van der Waals surface area contributed by atoms with Gasteiger partial charge in [-0.3, -0.25) is 4.79 Å². The molecule has 7 heteroatoms. The third-order valence-corrected chi connectivity index (χ3v) is 4.19. The third-order valence-electron chi connectivity index (χ3n) is 4.19. The number of amides is 2. The van der Waals surface area contributed by atoms with Crippen molar-refractivity contribution in [3.8, 4) is 5.69 Å². The maximum atomic E-state index is 12.6. The van der Waals surface area contributed by atoms with Gasteiger partial charge in [0, 0.05) is 25.5 Å². The summed E-state index contributed by atoms with van der Waals surface area (Å²) < 4.78 is 1.68. The molecule has 1 aliphatic rings. The van der Waals surface area contributed by atoms with E-state index in [4.69, 9.17) is 0 Å². The quantitative estimate of drug-likeness (QED) is 0.906. The van der Waals surface area contributed by atoms with Crippen LogP contribution in [-0.4, -0.2) is 44.9 Å². The lowest BCUT2D eigenvalue weighted by Gasteiger charge is -2.34. The Hall–Kier alpha value is -2.83. The van der Waals surface area contributed by atoms with Crippen LogP contribution in [0.1, 0.15) is 13.3 Å². The summed E-state index contributed by atoms with van der Waals surface area (Å²) in [6.45, 7) is 2.75. The standard InChI is InChI=1S/C17H20N4O3/c1-12-9-13(16(22)23)11-20(10-12)17(24)19-14-5-2-3-6-15(14)21-8-4-7-18-21/h2-8,12-13H,9-11H2,1H3,(H,19,24)(H,22,23). The first kappa shape index (κ1) is 16.0. The number of hydrogen-bond donors (Lipinski definition) is 2. The summed E-state index contributed by atoms with van der Waals surface area (Å²) >= 11 is 0. The summed E-state index contributed by atoms with van der Waals surface area (Å²) in [4.78, 5) is 25.4. The first-order valence-electron chi connectivity index (χ1n) is 7.92. The highest BCUT2D eigenvalue weighted by atomic mass is 16.4. The highest BCUT2D eigenvalue weighted by Crippen LogP contribution is 2.24. The average molecular weight is 328 g/mol. The fourth-order valence-corrected chi connectivity index (χ4v) is 3.08. The zero-order valence-corrected chi connectivity index (χ0v) is 13.4. The number of likely N-dealkylation sites (tertiary alicyclic amines) is 1. The molecule has 1 fully saturated rings. The molecule has 24 heavy (non-hydrogen) atoms. The molecule has 0 saturated carbocycles. The molecule has 1 aromatic carbocycles. The molecule has 0 radical (unpaired) electrons. The van der Waals surface area contributed by atoms with Crippen molar-refractivity contribution in [3.63, 3.8) is 0 Å². The molecule has 2 atom stereocenters. The van der Waals surface area contributed by atoms with Gasteiger partial charge in [0.1, 0.15) is 0 Å². The van der Waals surface area contributed by atoms with Crippen molar-refractivity contribution in [1.82, 2.24) is 14.7 Å². The van der Waals surface area contributed by atoms with Crippen LogP contribution in [-0.2, 0) is 4.79 Å². The number of nitrogens with zero attached hydrogens (tertiary/aromatic N) is 3. The summed E-state index contributed by atoms with van der Waals surface area (Å²) in [7, 11) is 0. The van der Waals surface area contributed by atoms with E-state index >= 15 is 0 Å². The highest BCUT2D eigenvalue weighted by molar-refractivity contribution is 5.92. The lowest BCUT2D eigenvalue weighted by molar-refractivity contribution is -0.143. The normalized spacial score (nSPS) is 20.6. The number of hydrogen-bond acceptors (Lipinski definition) is 3. The third kappa shape index (κ3) is 3.40. The van der Waals surface area contributed by atoms with E-state index in [0.29, 0.717) is 18.7 Å². The second kappa shape index (κ2) is 6.74. The predicted octanol–water partition coefficient (Wildman–Crippen LogP) is 2.45. The molecule has 0 bridgehead atoms. The first-order valence-corrected chi connectivity index (χ1v) is 7.92. The summed E-state index contributed by atoms with van der Waals surface area (Å²) in [5.74, 6) is -1.20. The van der Waals surface area contributed by atoms with Crippen molar-refractivity contribution in [2.24, 2.45) is 11.8 Å². The Labute approximate surface area is 139 Å². The molecule has 2 unspecified atom stereocenters. The van der Waals surface area contributed by atoms with Crippen LogP contribution in [0.15, 0.2) is 42.7 Å². The lowest BCUT2D eigenvalue weighted by atomic mass is 9.91. The number of carboxylic acid groups (broad SMARTS) is 1. The van der Waals surface area contributed by atoms with Crippen LogP contribution in [0, 0.1) is 11.8 Å². The number of rotatable bonds is 3. The number of aliphatic carboxylic acids is 1. The van der Waals surface area contributed by atoms with Gasteiger partial charge in [-0.25, -0.2) is 9.48 Å². The van der Waals surface area contributed by atoms with Gasteiger partial charge in [-0.1, -0.05) is 19.1 Å². The smallest absolute Gasteiger partial charge is 0.321 e. The van der Waals surface area contributed by atoms with Gasteiger partial charge in [-0.05, 0) is 30.5 Å². The van der Waals surface area contributed by atoms with Crippen molar-refractivity contribution in [2.75, 3.05) is 18.4 Å². The lowest BCUT2D eigenvalue weighted by Crippen LogP contribution is -2.47. The summed E-state index contributed by atoms with van der Waals surface area (Å²) in [6, 6.07) is 8.89. The molecule has 0 spiro atoms. The first-order chi connectivity index (χ1) is 11.5. The molecule has 1 saturated heterocycles.